The maximum absolute atomic E-state index is 13.9. The normalized spacial score (nSPS) is 17.0. The van der Waals surface area contributed by atoms with Gasteiger partial charge in [0.05, 0.1) is 17.2 Å². The highest BCUT2D eigenvalue weighted by molar-refractivity contribution is 6.00. The molecule has 1 aliphatic heterocycles. The minimum Gasteiger partial charge on any atom is -0.487 e. The lowest BCUT2D eigenvalue weighted by molar-refractivity contribution is 0.0245. The second kappa shape index (κ2) is 8.06. The van der Waals surface area contributed by atoms with E-state index in [2.05, 4.69) is 24.5 Å². The van der Waals surface area contributed by atoms with Crippen molar-refractivity contribution in [2.75, 3.05) is 5.32 Å². The molecule has 0 radical (unpaired) electrons. The van der Waals surface area contributed by atoms with Crippen molar-refractivity contribution in [1.82, 2.24) is 9.88 Å². The predicted molar refractivity (Wildman–Crippen MR) is 119 cm³/mol. The minimum absolute atomic E-state index is 0.120. The van der Waals surface area contributed by atoms with E-state index < -0.39 is 17.7 Å². The summed E-state index contributed by atoms with van der Waals surface area (Å²) >= 11 is 0. The molecule has 2 N–H and O–H groups in total. The highest BCUT2D eigenvalue weighted by Crippen LogP contribution is 2.43. The first kappa shape index (κ1) is 20.9. The van der Waals surface area contributed by atoms with Gasteiger partial charge in [-0.05, 0) is 49.2 Å². The fraction of sp³-hybridized carbons (Fsp3) is 0.333. The van der Waals surface area contributed by atoms with Gasteiger partial charge in [-0.1, -0.05) is 19.9 Å². The zero-order valence-electron chi connectivity index (χ0n) is 17.9. The van der Waals surface area contributed by atoms with Crippen molar-refractivity contribution in [2.24, 2.45) is 7.05 Å². The number of benzene rings is 2. The molecule has 1 aliphatic rings. The summed E-state index contributed by atoms with van der Waals surface area (Å²) in [6, 6.07) is 12.2. The number of nitrogens with zero attached hydrogens (tertiary/aromatic N) is 1. The first-order chi connectivity index (χ1) is 14.9. The van der Waals surface area contributed by atoms with Crippen molar-refractivity contribution in [2.45, 2.75) is 44.8 Å². The van der Waals surface area contributed by atoms with Crippen molar-refractivity contribution in [3.8, 4) is 5.75 Å². The molecule has 2 aromatic carbocycles. The molecule has 0 saturated heterocycles. The van der Waals surface area contributed by atoms with Crippen LogP contribution in [-0.2, 0) is 7.05 Å². The summed E-state index contributed by atoms with van der Waals surface area (Å²) in [5.74, 6) is 0.229. The third-order valence-electron chi connectivity index (χ3n) is 6.26. The molecule has 6 nitrogen and oxygen atoms in total. The molecule has 1 aromatic heterocycles. The van der Waals surface area contributed by atoms with Crippen LogP contribution >= 0.6 is 0 Å². The van der Waals surface area contributed by atoms with E-state index in [-0.39, 0.29) is 11.4 Å². The van der Waals surface area contributed by atoms with Crippen molar-refractivity contribution >= 4 is 22.6 Å². The molecule has 31 heavy (non-hydrogen) atoms. The lowest BCUT2D eigenvalue weighted by Crippen LogP contribution is -2.45. The van der Waals surface area contributed by atoms with Crippen molar-refractivity contribution < 1.29 is 13.9 Å². The number of halogens is 1. The number of hydrogen-bond acceptors (Lipinski definition) is 3. The Morgan fingerprint density at radius 1 is 1.19 bits per heavy atom. The molecule has 0 aliphatic carbocycles. The Bertz CT molecular complexity index is 1200. The van der Waals surface area contributed by atoms with Crippen molar-refractivity contribution in [1.29, 1.82) is 0 Å². The van der Waals surface area contributed by atoms with E-state index in [1.807, 2.05) is 6.07 Å². The van der Waals surface area contributed by atoms with Crippen LogP contribution in [0.5, 0.6) is 5.75 Å². The number of urea groups is 1. The van der Waals surface area contributed by atoms with Gasteiger partial charge in [0.2, 0.25) is 0 Å². The van der Waals surface area contributed by atoms with Crippen LogP contribution in [0.2, 0.25) is 0 Å². The van der Waals surface area contributed by atoms with Crippen LogP contribution in [0.3, 0.4) is 0 Å². The van der Waals surface area contributed by atoms with Gasteiger partial charge in [-0.2, -0.15) is 0 Å². The Morgan fingerprint density at radius 2 is 1.97 bits per heavy atom. The van der Waals surface area contributed by atoms with Crippen molar-refractivity contribution in [3.63, 3.8) is 0 Å². The molecule has 162 valence electrons. The van der Waals surface area contributed by atoms with Gasteiger partial charge in [0.15, 0.2) is 0 Å². The zero-order chi connectivity index (χ0) is 22.2. The average molecular weight is 423 g/mol. The molecule has 2 amide bonds. The van der Waals surface area contributed by atoms with Gasteiger partial charge in [-0.3, -0.25) is 4.79 Å². The molecule has 0 saturated carbocycles. The average Bonchev–Trinajstić information content (AvgIpc) is 2.77. The number of nitrogens with one attached hydrogen (secondary N) is 2. The summed E-state index contributed by atoms with van der Waals surface area (Å²) in [6.07, 6.45) is 2.10. The highest BCUT2D eigenvalue weighted by Gasteiger charge is 2.39. The molecule has 0 spiro atoms. The maximum Gasteiger partial charge on any atom is 0.319 e. The standard InChI is InChI=1S/C24H26FN3O3/c1-4-24(5-2)14-19(17-13-15(25)9-11-21(17)31-24)27-23(30)26-18-7-6-8-20-16(18)10-12-22(29)28(20)3/h6-13,19H,4-5,14H2,1-3H3,(H2,26,27,30)/t19-/m1/s1. The number of carbonyl (C=O) groups excluding carboxylic acids is 1. The minimum atomic E-state index is -0.416. The maximum atomic E-state index is 13.9. The molecular weight excluding hydrogens is 397 g/mol. The Morgan fingerprint density at radius 3 is 2.71 bits per heavy atom. The molecule has 7 heteroatoms. The number of ether oxygens (including phenoxy) is 1. The van der Waals surface area contributed by atoms with E-state index in [0.717, 1.165) is 23.7 Å². The van der Waals surface area contributed by atoms with Crippen LogP contribution in [0.25, 0.3) is 10.9 Å². The van der Waals surface area contributed by atoms with Crippen molar-refractivity contribution in [3.05, 3.63) is 70.3 Å². The molecule has 0 unspecified atom stereocenters. The summed E-state index contributed by atoms with van der Waals surface area (Å²) in [5, 5.41) is 6.65. The lowest BCUT2D eigenvalue weighted by Gasteiger charge is -2.41. The van der Waals surface area contributed by atoms with E-state index >= 15 is 0 Å². The summed E-state index contributed by atoms with van der Waals surface area (Å²) in [7, 11) is 1.69. The first-order valence-corrected chi connectivity index (χ1v) is 10.5. The fourth-order valence-corrected chi connectivity index (χ4v) is 4.28. The SMILES string of the molecule is CCC1(CC)C[C@@H](NC(=O)Nc2cccc3c2ccc(=O)n3C)c2cc(F)ccc2O1. The summed E-state index contributed by atoms with van der Waals surface area (Å²) in [4.78, 5) is 24.8. The molecule has 2 heterocycles. The summed E-state index contributed by atoms with van der Waals surface area (Å²) in [6.45, 7) is 4.10. The number of aromatic nitrogens is 1. The highest BCUT2D eigenvalue weighted by atomic mass is 19.1. The van der Waals surface area contributed by atoms with Gasteiger partial charge in [-0.25, -0.2) is 9.18 Å². The van der Waals surface area contributed by atoms with E-state index in [4.69, 9.17) is 4.74 Å². The molecule has 0 fully saturated rings. The number of amides is 2. The Balaban J connectivity index is 1.63. The van der Waals surface area contributed by atoms with Crippen LogP contribution in [0.1, 0.15) is 44.7 Å². The van der Waals surface area contributed by atoms with Gasteiger partial charge in [-0.15, -0.1) is 0 Å². The van der Waals surface area contributed by atoms with Crippen LogP contribution in [-0.4, -0.2) is 16.2 Å². The van der Waals surface area contributed by atoms with Gasteiger partial charge in [0, 0.05) is 30.5 Å². The number of fused-ring (bicyclic) bond motifs is 2. The topological polar surface area (TPSA) is 72.4 Å². The van der Waals surface area contributed by atoms with Crippen LogP contribution in [0.4, 0.5) is 14.9 Å². The van der Waals surface area contributed by atoms with E-state index in [9.17, 15) is 14.0 Å². The number of carbonyl (C=O) groups is 1. The Labute approximate surface area is 180 Å². The molecule has 4 rings (SSSR count). The van der Waals surface area contributed by atoms with Gasteiger partial charge < -0.3 is 19.9 Å². The lowest BCUT2D eigenvalue weighted by atomic mass is 9.83. The third-order valence-corrected chi connectivity index (χ3v) is 6.26. The quantitative estimate of drug-likeness (QED) is 0.628. The van der Waals surface area contributed by atoms with Gasteiger partial charge >= 0.3 is 6.03 Å². The molecule has 3 aromatic rings. The number of aryl methyl sites for hydroxylation is 1. The first-order valence-electron chi connectivity index (χ1n) is 10.5. The summed E-state index contributed by atoms with van der Waals surface area (Å²) in [5.41, 5.74) is 1.41. The fourth-order valence-electron chi connectivity index (χ4n) is 4.28. The van der Waals surface area contributed by atoms with Gasteiger partial charge in [0.25, 0.3) is 5.56 Å². The predicted octanol–water partition coefficient (Wildman–Crippen LogP) is 4.88. The Hall–Kier alpha value is -3.35. The largest absolute Gasteiger partial charge is 0.487 e. The number of anilines is 1. The van der Waals surface area contributed by atoms with Crippen LogP contribution in [0, 0.1) is 5.82 Å². The third kappa shape index (κ3) is 3.87. The zero-order valence-corrected chi connectivity index (χ0v) is 17.9. The molecular formula is C24H26FN3O3. The number of pyridine rings is 1. The van der Waals surface area contributed by atoms with Gasteiger partial charge in [0.1, 0.15) is 17.2 Å². The summed E-state index contributed by atoms with van der Waals surface area (Å²) < 4.78 is 21.7. The van der Waals surface area contributed by atoms with E-state index in [0.29, 0.717) is 23.4 Å². The van der Waals surface area contributed by atoms with E-state index in [1.54, 1.807) is 31.3 Å². The smallest absolute Gasteiger partial charge is 0.319 e. The number of rotatable bonds is 4. The van der Waals surface area contributed by atoms with Crippen LogP contribution < -0.4 is 20.9 Å². The second-order valence-electron chi connectivity index (χ2n) is 8.00. The number of hydrogen-bond donors (Lipinski definition) is 2. The van der Waals surface area contributed by atoms with Crippen LogP contribution in [0.15, 0.2) is 53.3 Å². The molecule has 0 bridgehead atoms. The monoisotopic (exact) mass is 423 g/mol. The van der Waals surface area contributed by atoms with E-state index in [1.165, 1.54) is 22.8 Å². The molecule has 1 atom stereocenters. The second-order valence-corrected chi connectivity index (χ2v) is 8.00. The Kier molecular flexibility index (Phi) is 5.43.